The third-order valence-corrected chi connectivity index (χ3v) is 6.37. The molecular weight excluding hydrogens is 484 g/mol. The molecule has 3 aromatic carbocycles. The van der Waals surface area contributed by atoms with Gasteiger partial charge in [0.1, 0.15) is 17.2 Å². The molecule has 0 fully saturated rings. The van der Waals surface area contributed by atoms with Crippen molar-refractivity contribution < 1.29 is 28.8 Å². The summed E-state index contributed by atoms with van der Waals surface area (Å²) in [5, 5.41) is 13.0. The molecule has 0 amide bonds. The average Bonchev–Trinajstić information content (AvgIpc) is 2.90. The number of carbonyl (C=O) groups excluding carboxylic acids is 1. The van der Waals surface area contributed by atoms with Gasteiger partial charge in [-0.15, -0.1) is 0 Å². The summed E-state index contributed by atoms with van der Waals surface area (Å²) in [6.45, 7) is 5.14. The van der Waals surface area contributed by atoms with Crippen molar-refractivity contribution in [3.05, 3.63) is 70.8 Å². The fraction of sp³-hybridized carbons (Fsp3) is 0.333. The van der Waals surface area contributed by atoms with Gasteiger partial charge < -0.3 is 29.0 Å². The Balaban J connectivity index is 1.79. The van der Waals surface area contributed by atoms with Crippen LogP contribution in [0.2, 0.25) is 0 Å². The van der Waals surface area contributed by atoms with E-state index in [1.165, 1.54) is 7.11 Å². The van der Waals surface area contributed by atoms with Gasteiger partial charge in [0.2, 0.25) is 6.29 Å². The smallest absolute Gasteiger partial charge is 0.337 e. The summed E-state index contributed by atoms with van der Waals surface area (Å²) in [7, 11) is 7.00. The molecule has 0 saturated carbocycles. The van der Waals surface area contributed by atoms with Crippen LogP contribution in [-0.4, -0.2) is 62.4 Å². The second kappa shape index (κ2) is 11.7. The standard InChI is InChI=1S/C30H34N2O6/c1-18-14-20(29(33)36-6)15-19(2)28(18)38-30(34)27-23-16-21(35-5)8-10-25(23)31-26-11-9-22(17-24(26)27)37-13-7-12-32(3)4/h8-11,14-17,30,34H,7,12-13H2,1-6H3. The number of hydrogen-bond donors (Lipinski definition) is 1. The Bertz CT molecular complexity index is 1440. The van der Waals surface area contributed by atoms with Crippen LogP contribution >= 0.6 is 0 Å². The normalized spacial score (nSPS) is 12.1. The van der Waals surface area contributed by atoms with Crippen molar-refractivity contribution in [1.82, 2.24) is 9.88 Å². The number of hydrogen-bond acceptors (Lipinski definition) is 8. The third-order valence-electron chi connectivity index (χ3n) is 6.37. The number of aliphatic hydroxyl groups is 1. The molecule has 8 heteroatoms. The molecule has 0 radical (unpaired) electrons. The topological polar surface area (TPSA) is 90.4 Å². The zero-order valence-electron chi connectivity index (χ0n) is 22.7. The summed E-state index contributed by atoms with van der Waals surface area (Å²) in [4.78, 5) is 19.0. The summed E-state index contributed by atoms with van der Waals surface area (Å²) in [5.74, 6) is 1.38. The molecule has 1 N–H and O–H groups in total. The lowest BCUT2D eigenvalue weighted by Crippen LogP contribution is -2.15. The number of ether oxygens (including phenoxy) is 4. The predicted octanol–water partition coefficient (Wildman–Crippen LogP) is 5.20. The Morgan fingerprint density at radius 3 is 2.13 bits per heavy atom. The number of esters is 1. The highest BCUT2D eigenvalue weighted by molar-refractivity contribution is 5.99. The van der Waals surface area contributed by atoms with E-state index < -0.39 is 12.3 Å². The maximum atomic E-state index is 12.0. The van der Waals surface area contributed by atoms with Gasteiger partial charge in [-0.2, -0.15) is 0 Å². The number of aryl methyl sites for hydroxylation is 2. The number of benzene rings is 3. The molecule has 1 aromatic heterocycles. The molecule has 1 unspecified atom stereocenters. The number of rotatable bonds is 10. The molecule has 0 bridgehead atoms. The van der Waals surface area contributed by atoms with Crippen molar-refractivity contribution in [2.24, 2.45) is 0 Å². The maximum Gasteiger partial charge on any atom is 0.337 e. The van der Waals surface area contributed by atoms with Crippen LogP contribution in [0, 0.1) is 13.8 Å². The SMILES string of the molecule is COC(=O)c1cc(C)c(OC(O)c2c3cc(OC)ccc3nc3ccc(OCCCN(C)C)cc23)c(C)c1. The summed E-state index contributed by atoms with van der Waals surface area (Å²) in [5.41, 5.74) is 3.79. The minimum absolute atomic E-state index is 0.421. The van der Waals surface area contributed by atoms with Crippen LogP contribution in [0.25, 0.3) is 21.8 Å². The van der Waals surface area contributed by atoms with E-state index in [0.717, 1.165) is 13.0 Å². The van der Waals surface area contributed by atoms with Gasteiger partial charge in [-0.1, -0.05) is 0 Å². The van der Waals surface area contributed by atoms with E-state index in [0.29, 0.717) is 67.9 Å². The molecule has 4 rings (SSSR count). The average molecular weight is 519 g/mol. The minimum atomic E-state index is -1.33. The molecule has 0 saturated heterocycles. The van der Waals surface area contributed by atoms with Crippen molar-refractivity contribution >= 4 is 27.8 Å². The number of aliphatic hydroxyl groups excluding tert-OH is 1. The van der Waals surface area contributed by atoms with E-state index >= 15 is 0 Å². The van der Waals surface area contributed by atoms with Gasteiger partial charge in [0, 0.05) is 22.9 Å². The van der Waals surface area contributed by atoms with E-state index in [4.69, 9.17) is 23.9 Å². The summed E-state index contributed by atoms with van der Waals surface area (Å²) in [6, 6.07) is 14.6. The number of aromatic nitrogens is 1. The monoisotopic (exact) mass is 518 g/mol. The minimum Gasteiger partial charge on any atom is -0.497 e. The van der Waals surface area contributed by atoms with Crippen molar-refractivity contribution in [2.75, 3.05) is 41.5 Å². The number of carbonyl (C=O) groups is 1. The van der Waals surface area contributed by atoms with Crippen molar-refractivity contribution in [1.29, 1.82) is 0 Å². The fourth-order valence-corrected chi connectivity index (χ4v) is 4.53. The molecule has 0 aliphatic rings. The van der Waals surface area contributed by atoms with Crippen LogP contribution in [0.1, 0.15) is 39.8 Å². The molecule has 1 heterocycles. The number of nitrogens with zero attached hydrogens (tertiary/aromatic N) is 2. The zero-order valence-corrected chi connectivity index (χ0v) is 22.7. The lowest BCUT2D eigenvalue weighted by Gasteiger charge is -2.21. The van der Waals surface area contributed by atoms with Crippen LogP contribution in [-0.2, 0) is 4.74 Å². The van der Waals surface area contributed by atoms with Gasteiger partial charge in [0.25, 0.3) is 0 Å². The van der Waals surface area contributed by atoms with Crippen molar-refractivity contribution in [2.45, 2.75) is 26.6 Å². The number of methoxy groups -OCH3 is 2. The third kappa shape index (κ3) is 5.82. The van der Waals surface area contributed by atoms with Crippen LogP contribution in [0.15, 0.2) is 48.5 Å². The Hall–Kier alpha value is -3.88. The molecule has 0 aliphatic heterocycles. The van der Waals surface area contributed by atoms with E-state index in [2.05, 4.69) is 4.90 Å². The van der Waals surface area contributed by atoms with Crippen LogP contribution in [0.5, 0.6) is 17.2 Å². The first-order valence-electron chi connectivity index (χ1n) is 12.4. The largest absolute Gasteiger partial charge is 0.497 e. The van der Waals surface area contributed by atoms with Crippen molar-refractivity contribution in [3.8, 4) is 17.2 Å². The van der Waals surface area contributed by atoms with Gasteiger partial charge in [-0.05, 0) is 94.0 Å². The van der Waals surface area contributed by atoms with Crippen LogP contribution < -0.4 is 14.2 Å². The van der Waals surface area contributed by atoms with E-state index in [9.17, 15) is 9.90 Å². The van der Waals surface area contributed by atoms with Gasteiger partial charge in [0.15, 0.2) is 0 Å². The predicted molar refractivity (Wildman–Crippen MR) is 147 cm³/mol. The van der Waals surface area contributed by atoms with Gasteiger partial charge in [0.05, 0.1) is 37.4 Å². The Labute approximate surface area is 222 Å². The molecule has 8 nitrogen and oxygen atoms in total. The lowest BCUT2D eigenvalue weighted by molar-refractivity contribution is -0.0181. The molecular formula is C30H34N2O6. The Morgan fingerprint density at radius 1 is 0.947 bits per heavy atom. The van der Waals surface area contributed by atoms with Gasteiger partial charge in [-0.3, -0.25) is 0 Å². The highest BCUT2D eigenvalue weighted by atomic mass is 16.6. The molecule has 4 aromatic rings. The molecule has 0 spiro atoms. The lowest BCUT2D eigenvalue weighted by atomic mass is 10.0. The first-order chi connectivity index (χ1) is 18.2. The quantitative estimate of drug-likeness (QED) is 0.133. The molecule has 38 heavy (non-hydrogen) atoms. The van der Waals surface area contributed by atoms with E-state index in [-0.39, 0.29) is 0 Å². The highest BCUT2D eigenvalue weighted by Crippen LogP contribution is 2.37. The summed E-state index contributed by atoms with van der Waals surface area (Å²) >= 11 is 0. The van der Waals surface area contributed by atoms with E-state index in [1.54, 1.807) is 19.2 Å². The second-order valence-corrected chi connectivity index (χ2v) is 9.49. The second-order valence-electron chi connectivity index (χ2n) is 9.49. The Kier molecular flexibility index (Phi) is 8.34. The highest BCUT2D eigenvalue weighted by Gasteiger charge is 2.22. The van der Waals surface area contributed by atoms with E-state index in [1.807, 2.05) is 64.3 Å². The number of pyridine rings is 1. The zero-order chi connectivity index (χ0) is 27.4. The first kappa shape index (κ1) is 27.2. The fourth-order valence-electron chi connectivity index (χ4n) is 4.53. The Morgan fingerprint density at radius 2 is 1.55 bits per heavy atom. The molecule has 0 aliphatic carbocycles. The van der Waals surface area contributed by atoms with Crippen LogP contribution in [0.4, 0.5) is 0 Å². The maximum absolute atomic E-state index is 12.0. The van der Waals surface area contributed by atoms with Gasteiger partial charge >= 0.3 is 5.97 Å². The van der Waals surface area contributed by atoms with Gasteiger partial charge in [-0.25, -0.2) is 9.78 Å². The molecule has 200 valence electrons. The summed E-state index contributed by atoms with van der Waals surface area (Å²) < 4.78 is 22.5. The molecule has 1 atom stereocenters. The summed E-state index contributed by atoms with van der Waals surface area (Å²) in [6.07, 6.45) is -0.447. The van der Waals surface area contributed by atoms with Crippen LogP contribution in [0.3, 0.4) is 0 Å². The number of fused-ring (bicyclic) bond motifs is 2. The van der Waals surface area contributed by atoms with Crippen molar-refractivity contribution in [3.63, 3.8) is 0 Å². The first-order valence-corrected chi connectivity index (χ1v) is 12.4.